The molecule has 6 nitrogen and oxygen atoms in total. The van der Waals surface area contributed by atoms with E-state index in [4.69, 9.17) is 11.6 Å². The number of carbonyl (C=O) groups is 3. The third kappa shape index (κ3) is 4.67. The Morgan fingerprint density at radius 2 is 2.08 bits per heavy atom. The number of likely N-dealkylation sites (tertiary alicyclic amines) is 1. The van der Waals surface area contributed by atoms with Gasteiger partial charge < -0.3 is 15.3 Å². The standard InChI is InChI=1S/C16H18ClFN2O4/c17-11-6-5-10(8-12(11)18)15(16(23)24)19-13(21)9-20-7-3-1-2-4-14(20)22/h5-6,8,15H,1-4,7,9H2,(H,19,21)(H,23,24). The van der Waals surface area contributed by atoms with E-state index in [1.54, 1.807) is 0 Å². The highest BCUT2D eigenvalue weighted by molar-refractivity contribution is 6.30. The Bertz CT molecular complexity index is 653. The fourth-order valence-electron chi connectivity index (χ4n) is 2.57. The topological polar surface area (TPSA) is 86.7 Å². The predicted molar refractivity (Wildman–Crippen MR) is 85.0 cm³/mol. The van der Waals surface area contributed by atoms with Crippen LogP contribution in [-0.2, 0) is 14.4 Å². The number of nitrogens with one attached hydrogen (secondary N) is 1. The lowest BCUT2D eigenvalue weighted by atomic mass is 10.1. The normalized spacial score (nSPS) is 16.4. The molecule has 0 bridgehead atoms. The second kappa shape index (κ2) is 8.10. The molecular formula is C16H18ClFN2O4. The number of carbonyl (C=O) groups excluding carboxylic acids is 2. The highest BCUT2D eigenvalue weighted by atomic mass is 35.5. The Balaban J connectivity index is 2.06. The first-order chi connectivity index (χ1) is 11.4. The summed E-state index contributed by atoms with van der Waals surface area (Å²) in [5.41, 5.74) is 0.0694. The number of amides is 2. The van der Waals surface area contributed by atoms with Crippen LogP contribution in [0, 0.1) is 5.82 Å². The number of nitrogens with zero attached hydrogens (tertiary/aromatic N) is 1. The largest absolute Gasteiger partial charge is 0.479 e. The Hall–Kier alpha value is -2.15. The molecule has 1 unspecified atom stereocenters. The van der Waals surface area contributed by atoms with Crippen LogP contribution in [-0.4, -0.2) is 40.9 Å². The lowest BCUT2D eigenvalue weighted by Crippen LogP contribution is -2.43. The van der Waals surface area contributed by atoms with Crippen molar-refractivity contribution in [3.8, 4) is 0 Å². The minimum atomic E-state index is -1.41. The van der Waals surface area contributed by atoms with Gasteiger partial charge in [0, 0.05) is 13.0 Å². The summed E-state index contributed by atoms with van der Waals surface area (Å²) in [6.07, 6.45) is 2.91. The molecule has 1 aliphatic heterocycles. The number of rotatable bonds is 5. The first-order valence-corrected chi connectivity index (χ1v) is 8.01. The second-order valence-electron chi connectivity index (χ2n) is 5.64. The SMILES string of the molecule is O=C(CN1CCCCCC1=O)NC(C(=O)O)c1ccc(Cl)c(F)c1. The molecule has 0 radical (unpaired) electrons. The van der Waals surface area contributed by atoms with E-state index in [1.807, 2.05) is 0 Å². The molecule has 1 fully saturated rings. The minimum Gasteiger partial charge on any atom is -0.479 e. The van der Waals surface area contributed by atoms with Crippen LogP contribution in [0.5, 0.6) is 0 Å². The van der Waals surface area contributed by atoms with Crippen molar-refractivity contribution in [1.82, 2.24) is 10.2 Å². The molecular weight excluding hydrogens is 339 g/mol. The first-order valence-electron chi connectivity index (χ1n) is 7.63. The van der Waals surface area contributed by atoms with Gasteiger partial charge in [-0.05, 0) is 30.5 Å². The zero-order valence-corrected chi connectivity index (χ0v) is 13.7. The molecule has 1 aromatic carbocycles. The highest BCUT2D eigenvalue weighted by Crippen LogP contribution is 2.21. The Morgan fingerprint density at radius 3 is 2.75 bits per heavy atom. The van der Waals surface area contributed by atoms with Gasteiger partial charge >= 0.3 is 5.97 Å². The van der Waals surface area contributed by atoms with E-state index >= 15 is 0 Å². The van der Waals surface area contributed by atoms with Crippen molar-refractivity contribution in [2.45, 2.75) is 31.7 Å². The summed E-state index contributed by atoms with van der Waals surface area (Å²) >= 11 is 5.58. The maximum atomic E-state index is 13.5. The van der Waals surface area contributed by atoms with Crippen LogP contribution in [0.3, 0.4) is 0 Å². The summed E-state index contributed by atoms with van der Waals surface area (Å²) in [6.45, 7) is 0.262. The van der Waals surface area contributed by atoms with Crippen molar-refractivity contribution < 1.29 is 23.9 Å². The van der Waals surface area contributed by atoms with Gasteiger partial charge in [0.15, 0.2) is 6.04 Å². The second-order valence-corrected chi connectivity index (χ2v) is 6.05. The predicted octanol–water partition coefficient (Wildman–Crippen LogP) is 2.12. The average molecular weight is 357 g/mol. The molecule has 2 amide bonds. The molecule has 1 aliphatic rings. The van der Waals surface area contributed by atoms with E-state index in [-0.39, 0.29) is 23.0 Å². The minimum absolute atomic E-state index is 0.0694. The van der Waals surface area contributed by atoms with Gasteiger partial charge in [0.1, 0.15) is 5.82 Å². The molecule has 1 aromatic rings. The monoisotopic (exact) mass is 356 g/mol. The highest BCUT2D eigenvalue weighted by Gasteiger charge is 2.25. The fraction of sp³-hybridized carbons (Fsp3) is 0.438. The van der Waals surface area contributed by atoms with E-state index in [9.17, 15) is 23.9 Å². The maximum absolute atomic E-state index is 13.5. The van der Waals surface area contributed by atoms with E-state index < -0.39 is 23.7 Å². The van der Waals surface area contributed by atoms with Gasteiger partial charge in [-0.3, -0.25) is 9.59 Å². The Morgan fingerprint density at radius 1 is 1.33 bits per heavy atom. The van der Waals surface area contributed by atoms with E-state index in [0.29, 0.717) is 13.0 Å². The van der Waals surface area contributed by atoms with Gasteiger partial charge in [-0.2, -0.15) is 0 Å². The molecule has 0 aliphatic carbocycles. The van der Waals surface area contributed by atoms with Gasteiger partial charge in [-0.15, -0.1) is 0 Å². The summed E-state index contributed by atoms with van der Waals surface area (Å²) in [4.78, 5) is 36.8. The van der Waals surface area contributed by atoms with Crippen LogP contribution in [0.15, 0.2) is 18.2 Å². The van der Waals surface area contributed by atoms with Gasteiger partial charge in [-0.1, -0.05) is 24.1 Å². The van der Waals surface area contributed by atoms with E-state index in [1.165, 1.54) is 17.0 Å². The third-order valence-corrected chi connectivity index (χ3v) is 4.14. The molecule has 130 valence electrons. The molecule has 24 heavy (non-hydrogen) atoms. The van der Waals surface area contributed by atoms with Gasteiger partial charge in [0.2, 0.25) is 11.8 Å². The number of carboxylic acid groups (broad SMARTS) is 1. The third-order valence-electron chi connectivity index (χ3n) is 3.84. The summed E-state index contributed by atoms with van der Waals surface area (Å²) in [5.74, 6) is -2.82. The Kier molecular flexibility index (Phi) is 6.14. The zero-order valence-electron chi connectivity index (χ0n) is 12.9. The van der Waals surface area contributed by atoms with Crippen LogP contribution >= 0.6 is 11.6 Å². The lowest BCUT2D eigenvalue weighted by molar-refractivity contribution is -0.142. The number of benzene rings is 1. The lowest BCUT2D eigenvalue weighted by Gasteiger charge is -2.22. The number of carboxylic acids is 1. The smallest absolute Gasteiger partial charge is 0.330 e. The van der Waals surface area contributed by atoms with Crippen molar-refractivity contribution in [2.75, 3.05) is 13.1 Å². The van der Waals surface area contributed by atoms with E-state index in [0.717, 1.165) is 25.3 Å². The molecule has 0 spiro atoms. The summed E-state index contributed by atoms with van der Waals surface area (Å²) < 4.78 is 13.5. The van der Waals surface area contributed by atoms with Gasteiger partial charge in [0.25, 0.3) is 0 Å². The van der Waals surface area contributed by atoms with Gasteiger partial charge in [0.05, 0.1) is 11.6 Å². The summed E-state index contributed by atoms with van der Waals surface area (Å²) in [5, 5.41) is 11.5. The molecule has 1 saturated heterocycles. The van der Waals surface area contributed by atoms with Crippen molar-refractivity contribution in [3.05, 3.63) is 34.6 Å². The van der Waals surface area contributed by atoms with Crippen molar-refractivity contribution in [3.63, 3.8) is 0 Å². The Labute approximate surface area is 143 Å². The molecule has 0 aromatic heterocycles. The molecule has 1 heterocycles. The summed E-state index contributed by atoms with van der Waals surface area (Å²) in [6, 6.07) is 2.12. The van der Waals surface area contributed by atoms with Crippen LogP contribution < -0.4 is 5.32 Å². The molecule has 0 saturated carbocycles. The average Bonchev–Trinajstić information content (AvgIpc) is 2.72. The quantitative estimate of drug-likeness (QED) is 0.846. The number of hydrogen-bond acceptors (Lipinski definition) is 3. The first kappa shape index (κ1) is 18.2. The van der Waals surface area contributed by atoms with Crippen molar-refractivity contribution in [2.24, 2.45) is 0 Å². The van der Waals surface area contributed by atoms with Crippen molar-refractivity contribution >= 4 is 29.4 Å². The van der Waals surface area contributed by atoms with Crippen LogP contribution in [0.2, 0.25) is 5.02 Å². The summed E-state index contributed by atoms with van der Waals surface area (Å²) in [7, 11) is 0. The fourth-order valence-corrected chi connectivity index (χ4v) is 2.68. The zero-order chi connectivity index (χ0) is 17.7. The van der Waals surface area contributed by atoms with Gasteiger partial charge in [-0.25, -0.2) is 9.18 Å². The maximum Gasteiger partial charge on any atom is 0.330 e. The molecule has 1 atom stereocenters. The number of aliphatic carboxylic acids is 1. The van der Waals surface area contributed by atoms with E-state index in [2.05, 4.69) is 5.32 Å². The van der Waals surface area contributed by atoms with Crippen LogP contribution in [0.25, 0.3) is 0 Å². The van der Waals surface area contributed by atoms with Crippen LogP contribution in [0.1, 0.15) is 37.3 Å². The molecule has 2 rings (SSSR count). The number of hydrogen-bond donors (Lipinski definition) is 2. The number of halogens is 2. The molecule has 8 heteroatoms. The van der Waals surface area contributed by atoms with Crippen molar-refractivity contribution in [1.29, 1.82) is 0 Å². The van der Waals surface area contributed by atoms with Crippen LogP contribution in [0.4, 0.5) is 4.39 Å². The molecule has 2 N–H and O–H groups in total.